The van der Waals surface area contributed by atoms with Crippen LogP contribution in [0.4, 0.5) is 22.0 Å². The summed E-state index contributed by atoms with van der Waals surface area (Å²) in [7, 11) is 0. The van der Waals surface area contributed by atoms with Crippen LogP contribution in [0.25, 0.3) is 0 Å². The molecule has 2 aromatic carbocycles. The number of amides is 1. The monoisotopic (exact) mass is 373 g/mol. The molecule has 0 aromatic heterocycles. The molecule has 0 spiro atoms. The fourth-order valence-corrected chi connectivity index (χ4v) is 2.27. The van der Waals surface area contributed by atoms with E-state index in [9.17, 15) is 36.6 Å². The van der Waals surface area contributed by atoms with Crippen molar-refractivity contribution in [2.45, 2.75) is 18.6 Å². The van der Waals surface area contributed by atoms with Gasteiger partial charge in [0, 0.05) is 12.0 Å². The second-order valence-corrected chi connectivity index (χ2v) is 5.35. The third kappa shape index (κ3) is 4.56. The summed E-state index contributed by atoms with van der Waals surface area (Å²) >= 11 is 0. The maximum Gasteiger partial charge on any atom is 0.416 e. The average Bonchev–Trinajstić information content (AvgIpc) is 2.56. The molecule has 0 saturated carbocycles. The summed E-state index contributed by atoms with van der Waals surface area (Å²) in [5.74, 6) is -5.14. The summed E-state index contributed by atoms with van der Waals surface area (Å²) < 4.78 is 65.1. The van der Waals surface area contributed by atoms with Gasteiger partial charge in [0.05, 0.1) is 5.56 Å². The Morgan fingerprint density at radius 1 is 1.04 bits per heavy atom. The van der Waals surface area contributed by atoms with E-state index in [1.54, 1.807) is 0 Å². The van der Waals surface area contributed by atoms with Gasteiger partial charge in [-0.05, 0) is 29.8 Å². The highest BCUT2D eigenvalue weighted by molar-refractivity contribution is 5.96. The van der Waals surface area contributed by atoms with Crippen molar-refractivity contribution in [3.63, 3.8) is 0 Å². The van der Waals surface area contributed by atoms with Crippen molar-refractivity contribution in [3.05, 3.63) is 70.8 Å². The van der Waals surface area contributed by atoms with Crippen molar-refractivity contribution in [2.24, 2.45) is 0 Å². The van der Waals surface area contributed by atoms with Crippen molar-refractivity contribution in [1.29, 1.82) is 0 Å². The number of benzene rings is 2. The van der Waals surface area contributed by atoms with Gasteiger partial charge in [-0.3, -0.25) is 4.79 Å². The van der Waals surface area contributed by atoms with Crippen LogP contribution in [0.1, 0.15) is 21.5 Å². The number of carbonyl (C=O) groups is 2. The molecule has 2 rings (SSSR count). The van der Waals surface area contributed by atoms with Crippen LogP contribution in [0.3, 0.4) is 0 Å². The molecule has 0 unspecified atom stereocenters. The molecule has 1 amide bonds. The van der Waals surface area contributed by atoms with Crippen molar-refractivity contribution in [3.8, 4) is 0 Å². The van der Waals surface area contributed by atoms with Gasteiger partial charge in [-0.2, -0.15) is 13.2 Å². The molecule has 138 valence electrons. The van der Waals surface area contributed by atoms with Crippen LogP contribution in [0, 0.1) is 11.6 Å². The summed E-state index contributed by atoms with van der Waals surface area (Å²) in [5.41, 5.74) is -1.70. The van der Waals surface area contributed by atoms with Crippen LogP contribution < -0.4 is 5.32 Å². The van der Waals surface area contributed by atoms with Crippen LogP contribution >= 0.6 is 0 Å². The molecule has 2 N–H and O–H groups in total. The third-order valence-corrected chi connectivity index (χ3v) is 3.53. The van der Waals surface area contributed by atoms with Gasteiger partial charge < -0.3 is 10.4 Å². The number of alkyl halides is 3. The highest BCUT2D eigenvalue weighted by Crippen LogP contribution is 2.32. The Bertz CT molecular complexity index is 835. The number of aliphatic carboxylic acids is 1. The van der Waals surface area contributed by atoms with E-state index < -0.39 is 47.7 Å². The second kappa shape index (κ2) is 7.51. The van der Waals surface area contributed by atoms with Crippen LogP contribution in [-0.4, -0.2) is 23.0 Å². The second-order valence-electron chi connectivity index (χ2n) is 5.35. The first-order valence-corrected chi connectivity index (χ1v) is 7.23. The van der Waals surface area contributed by atoms with Gasteiger partial charge in [-0.15, -0.1) is 0 Å². The number of hydrogen-bond acceptors (Lipinski definition) is 2. The number of carbonyl (C=O) groups excluding carboxylic acids is 1. The topological polar surface area (TPSA) is 66.4 Å². The largest absolute Gasteiger partial charge is 0.480 e. The Hall–Kier alpha value is -2.97. The Morgan fingerprint density at radius 2 is 1.69 bits per heavy atom. The molecular weight excluding hydrogens is 361 g/mol. The lowest BCUT2D eigenvalue weighted by Crippen LogP contribution is -2.42. The highest BCUT2D eigenvalue weighted by Gasteiger charge is 2.34. The zero-order valence-corrected chi connectivity index (χ0v) is 13.0. The molecule has 1 atom stereocenters. The quantitative estimate of drug-likeness (QED) is 0.790. The number of hydrogen-bond donors (Lipinski definition) is 2. The lowest BCUT2D eigenvalue weighted by Gasteiger charge is -2.18. The predicted octanol–water partition coefficient (Wildman–Crippen LogP) is 3.41. The molecule has 0 radical (unpaired) electrons. The van der Waals surface area contributed by atoms with Gasteiger partial charge in [0.25, 0.3) is 5.91 Å². The van der Waals surface area contributed by atoms with Gasteiger partial charge >= 0.3 is 12.1 Å². The number of rotatable bonds is 5. The molecule has 0 bridgehead atoms. The summed E-state index contributed by atoms with van der Waals surface area (Å²) in [6, 6.07) is 4.83. The van der Waals surface area contributed by atoms with E-state index in [4.69, 9.17) is 0 Å². The zero-order valence-electron chi connectivity index (χ0n) is 13.0. The molecule has 2 aromatic rings. The van der Waals surface area contributed by atoms with Crippen LogP contribution in [0.5, 0.6) is 0 Å². The lowest BCUT2D eigenvalue weighted by molar-refractivity contribution is -0.141. The maximum atomic E-state index is 13.2. The Labute approximate surface area is 144 Å². The first-order valence-electron chi connectivity index (χ1n) is 7.23. The normalized spacial score (nSPS) is 12.5. The highest BCUT2D eigenvalue weighted by atomic mass is 19.4. The first-order chi connectivity index (χ1) is 12.1. The third-order valence-electron chi connectivity index (χ3n) is 3.53. The van der Waals surface area contributed by atoms with Crippen LogP contribution in [0.2, 0.25) is 0 Å². The number of carboxylic acid groups (broad SMARTS) is 1. The van der Waals surface area contributed by atoms with E-state index in [1.807, 2.05) is 5.32 Å². The molecule has 9 heteroatoms. The van der Waals surface area contributed by atoms with Crippen molar-refractivity contribution >= 4 is 11.9 Å². The van der Waals surface area contributed by atoms with E-state index >= 15 is 0 Å². The minimum atomic E-state index is -4.69. The van der Waals surface area contributed by atoms with Crippen molar-refractivity contribution in [2.75, 3.05) is 0 Å². The Balaban J connectivity index is 2.24. The molecule has 0 aliphatic rings. The Morgan fingerprint density at radius 3 is 2.27 bits per heavy atom. The van der Waals surface area contributed by atoms with E-state index in [-0.39, 0.29) is 11.1 Å². The fourth-order valence-electron chi connectivity index (χ4n) is 2.27. The fraction of sp³-hybridized carbons (Fsp3) is 0.176. The van der Waals surface area contributed by atoms with Crippen molar-refractivity contribution < 1.29 is 36.6 Å². The summed E-state index contributed by atoms with van der Waals surface area (Å²) in [6.45, 7) is 0. The molecule has 0 saturated heterocycles. The number of halogens is 5. The zero-order chi connectivity index (χ0) is 19.5. The average molecular weight is 373 g/mol. The van der Waals surface area contributed by atoms with Gasteiger partial charge in [-0.1, -0.05) is 18.2 Å². The van der Waals surface area contributed by atoms with Gasteiger partial charge in [0.2, 0.25) is 0 Å². The molecule has 4 nitrogen and oxygen atoms in total. The van der Waals surface area contributed by atoms with Gasteiger partial charge in [0.15, 0.2) is 11.6 Å². The summed E-state index contributed by atoms with van der Waals surface area (Å²) in [6.07, 6.45) is -5.33. The summed E-state index contributed by atoms with van der Waals surface area (Å²) in [4.78, 5) is 23.3. The van der Waals surface area contributed by atoms with E-state index in [0.29, 0.717) is 12.1 Å². The number of nitrogens with one attached hydrogen (secondary N) is 1. The molecule has 0 aliphatic carbocycles. The van der Waals surface area contributed by atoms with Crippen LogP contribution in [-0.2, 0) is 17.4 Å². The number of carboxylic acids is 1. The van der Waals surface area contributed by atoms with Crippen molar-refractivity contribution in [1.82, 2.24) is 5.32 Å². The minimum absolute atomic E-state index is 0.321. The van der Waals surface area contributed by atoms with Gasteiger partial charge in [-0.25, -0.2) is 13.6 Å². The van der Waals surface area contributed by atoms with E-state index in [2.05, 4.69) is 0 Å². The lowest BCUT2D eigenvalue weighted by atomic mass is 9.99. The summed E-state index contributed by atoms with van der Waals surface area (Å²) in [5, 5.41) is 11.2. The van der Waals surface area contributed by atoms with Crippen LogP contribution in [0.15, 0.2) is 42.5 Å². The smallest absolute Gasteiger partial charge is 0.416 e. The Kier molecular flexibility index (Phi) is 5.59. The maximum absolute atomic E-state index is 13.2. The molecule has 0 aliphatic heterocycles. The van der Waals surface area contributed by atoms with Gasteiger partial charge in [0.1, 0.15) is 6.04 Å². The van der Waals surface area contributed by atoms with E-state index in [1.165, 1.54) is 6.07 Å². The molecular formula is C17H12F5NO3. The standard InChI is InChI=1S/C17H12F5NO3/c18-12-6-5-10(7-13(12)19)15(24)23-14(16(25)26)8-9-3-1-2-4-11(9)17(20,21)22/h1-7,14H,8H2,(H,23,24)(H,25,26)/t14-/m0/s1. The minimum Gasteiger partial charge on any atom is -0.480 e. The predicted molar refractivity (Wildman–Crippen MR) is 80.4 cm³/mol. The SMILES string of the molecule is O=C(N[C@@H](Cc1ccccc1C(F)(F)F)C(=O)O)c1ccc(F)c(F)c1. The first kappa shape index (κ1) is 19.4. The van der Waals surface area contributed by atoms with E-state index in [0.717, 1.165) is 24.3 Å². The molecule has 0 heterocycles. The molecule has 26 heavy (non-hydrogen) atoms. The molecule has 0 fully saturated rings.